The van der Waals surface area contributed by atoms with Crippen molar-refractivity contribution < 1.29 is 4.57 Å². The maximum absolute atomic E-state index is 8.75. The summed E-state index contributed by atoms with van der Waals surface area (Å²) in [6, 6.07) is 6.26. The smallest absolute Gasteiger partial charge is 0.191 e. The highest BCUT2D eigenvalue weighted by Crippen LogP contribution is 2.20. The summed E-state index contributed by atoms with van der Waals surface area (Å²) in [5, 5.41) is 8.75. The van der Waals surface area contributed by atoms with Gasteiger partial charge in [-0.1, -0.05) is 20.8 Å². The molecule has 1 heterocycles. The molecular formula is C12H17N2+. The highest BCUT2D eigenvalue weighted by Gasteiger charge is 2.16. The Kier molecular flexibility index (Phi) is 2.90. The van der Waals surface area contributed by atoms with Crippen LogP contribution in [0.5, 0.6) is 0 Å². The van der Waals surface area contributed by atoms with Crippen molar-refractivity contribution in [2.45, 2.75) is 39.2 Å². The summed E-state index contributed by atoms with van der Waals surface area (Å²) in [5.41, 5.74) is 1.47. The van der Waals surface area contributed by atoms with E-state index in [1.165, 1.54) is 5.56 Å². The first-order chi connectivity index (χ1) is 6.45. The van der Waals surface area contributed by atoms with E-state index in [1.807, 2.05) is 23.9 Å². The van der Waals surface area contributed by atoms with E-state index in [9.17, 15) is 0 Å². The molecule has 2 heteroatoms. The van der Waals surface area contributed by atoms with Gasteiger partial charge >= 0.3 is 0 Å². The van der Waals surface area contributed by atoms with Gasteiger partial charge in [0.25, 0.3) is 0 Å². The molecule has 1 unspecified atom stereocenters. The molecule has 0 aliphatic heterocycles. The third-order valence-electron chi connectivity index (χ3n) is 2.35. The Balaban J connectivity index is 2.96. The molecule has 1 aromatic heterocycles. The lowest BCUT2D eigenvalue weighted by molar-refractivity contribution is -0.707. The Morgan fingerprint density at radius 3 is 2.14 bits per heavy atom. The molecule has 0 bridgehead atoms. The average molecular weight is 189 g/mol. The molecule has 1 atom stereocenters. The molecule has 14 heavy (non-hydrogen) atoms. The van der Waals surface area contributed by atoms with Crippen LogP contribution in [-0.4, -0.2) is 0 Å². The van der Waals surface area contributed by atoms with Gasteiger partial charge in [-0.3, -0.25) is 0 Å². The zero-order valence-electron chi connectivity index (χ0n) is 9.28. The Hall–Kier alpha value is -1.36. The summed E-state index contributed by atoms with van der Waals surface area (Å²) in [6.07, 6.45) is 3.93. The Labute approximate surface area is 85.8 Å². The van der Waals surface area contributed by atoms with Crippen LogP contribution in [0.2, 0.25) is 0 Å². The highest BCUT2D eigenvalue weighted by molar-refractivity contribution is 5.17. The fraction of sp³-hybridized carbons (Fsp3) is 0.500. The van der Waals surface area contributed by atoms with Gasteiger partial charge < -0.3 is 0 Å². The van der Waals surface area contributed by atoms with Crippen LogP contribution in [0, 0.1) is 11.3 Å². The number of pyridine rings is 1. The monoisotopic (exact) mass is 189 g/mol. The van der Waals surface area contributed by atoms with Crippen molar-refractivity contribution in [3.63, 3.8) is 0 Å². The minimum absolute atomic E-state index is 0.0935. The van der Waals surface area contributed by atoms with Crippen LogP contribution < -0.4 is 4.57 Å². The summed E-state index contributed by atoms with van der Waals surface area (Å²) < 4.78 is 1.91. The van der Waals surface area contributed by atoms with E-state index in [1.54, 1.807) is 0 Å². The lowest BCUT2D eigenvalue weighted by Crippen LogP contribution is -2.36. The third kappa shape index (κ3) is 2.32. The topological polar surface area (TPSA) is 27.7 Å². The number of hydrogen-bond acceptors (Lipinski definition) is 1. The zero-order chi connectivity index (χ0) is 10.8. The van der Waals surface area contributed by atoms with Crippen LogP contribution in [-0.2, 0) is 5.41 Å². The molecule has 2 nitrogen and oxygen atoms in total. The summed E-state index contributed by atoms with van der Waals surface area (Å²) >= 11 is 0. The van der Waals surface area contributed by atoms with Gasteiger partial charge in [0, 0.05) is 19.1 Å². The molecule has 0 spiro atoms. The van der Waals surface area contributed by atoms with E-state index in [-0.39, 0.29) is 11.5 Å². The molecule has 0 N–H and O–H groups in total. The number of rotatable bonds is 1. The minimum Gasteiger partial charge on any atom is -0.191 e. The predicted octanol–water partition coefficient (Wildman–Crippen LogP) is 2.36. The normalized spacial score (nSPS) is 13.4. The first-order valence-electron chi connectivity index (χ1n) is 4.86. The Morgan fingerprint density at radius 2 is 1.79 bits per heavy atom. The predicted molar refractivity (Wildman–Crippen MR) is 55.7 cm³/mol. The van der Waals surface area contributed by atoms with Crippen LogP contribution in [0.1, 0.15) is 39.3 Å². The molecule has 0 radical (unpaired) electrons. The second-order valence-electron chi connectivity index (χ2n) is 4.59. The SMILES string of the molecule is CC(C#N)[n+]1ccc(C(C)(C)C)cc1. The minimum atomic E-state index is -0.0935. The second kappa shape index (κ2) is 3.79. The number of aromatic nitrogens is 1. The standard InChI is InChI=1S/C12H17N2/c1-10(9-13)14-7-5-11(6-8-14)12(2,3)4/h5-8,10H,1-4H3/q+1. The van der Waals surface area contributed by atoms with Crippen molar-refractivity contribution in [2.75, 3.05) is 0 Å². The maximum Gasteiger partial charge on any atom is 0.240 e. The molecule has 0 amide bonds. The van der Waals surface area contributed by atoms with E-state index >= 15 is 0 Å². The second-order valence-corrected chi connectivity index (χ2v) is 4.59. The number of nitrogens with zero attached hydrogens (tertiary/aromatic N) is 2. The molecule has 0 aliphatic carbocycles. The quantitative estimate of drug-likeness (QED) is 0.623. The van der Waals surface area contributed by atoms with Crippen LogP contribution in [0.25, 0.3) is 0 Å². The Morgan fingerprint density at radius 1 is 1.29 bits per heavy atom. The fourth-order valence-corrected chi connectivity index (χ4v) is 1.26. The van der Waals surface area contributed by atoms with Crippen molar-refractivity contribution in [3.8, 4) is 6.07 Å². The van der Waals surface area contributed by atoms with Crippen LogP contribution in [0.3, 0.4) is 0 Å². The lowest BCUT2D eigenvalue weighted by Gasteiger charge is -2.17. The summed E-state index contributed by atoms with van der Waals surface area (Å²) in [5.74, 6) is 0. The summed E-state index contributed by atoms with van der Waals surface area (Å²) in [7, 11) is 0. The van der Waals surface area contributed by atoms with Crippen LogP contribution in [0.4, 0.5) is 0 Å². The molecular weight excluding hydrogens is 172 g/mol. The van der Waals surface area contributed by atoms with Crippen molar-refractivity contribution in [2.24, 2.45) is 0 Å². The maximum atomic E-state index is 8.75. The van der Waals surface area contributed by atoms with Crippen molar-refractivity contribution in [3.05, 3.63) is 30.1 Å². The largest absolute Gasteiger partial charge is 0.240 e. The first-order valence-corrected chi connectivity index (χ1v) is 4.86. The van der Waals surface area contributed by atoms with Gasteiger partial charge in [0.1, 0.15) is 6.07 Å². The third-order valence-corrected chi connectivity index (χ3v) is 2.35. The molecule has 1 aromatic rings. The van der Waals surface area contributed by atoms with Gasteiger partial charge in [0.15, 0.2) is 12.4 Å². The van der Waals surface area contributed by atoms with E-state index in [0.29, 0.717) is 0 Å². The van der Waals surface area contributed by atoms with Crippen molar-refractivity contribution in [1.29, 1.82) is 5.26 Å². The summed E-state index contributed by atoms with van der Waals surface area (Å²) in [4.78, 5) is 0. The summed E-state index contributed by atoms with van der Waals surface area (Å²) in [6.45, 7) is 8.43. The van der Waals surface area contributed by atoms with Crippen molar-refractivity contribution in [1.82, 2.24) is 0 Å². The molecule has 1 rings (SSSR count). The fourth-order valence-electron chi connectivity index (χ4n) is 1.26. The van der Waals surface area contributed by atoms with E-state index < -0.39 is 0 Å². The van der Waals surface area contributed by atoms with Crippen molar-refractivity contribution >= 4 is 0 Å². The molecule has 0 aromatic carbocycles. The van der Waals surface area contributed by atoms with Gasteiger partial charge in [-0.05, 0) is 11.0 Å². The first kappa shape index (κ1) is 10.7. The molecule has 74 valence electrons. The van der Waals surface area contributed by atoms with Gasteiger partial charge in [-0.25, -0.2) is 0 Å². The number of nitriles is 1. The lowest BCUT2D eigenvalue weighted by atomic mass is 9.88. The van der Waals surface area contributed by atoms with Crippen LogP contribution >= 0.6 is 0 Å². The van der Waals surface area contributed by atoms with Gasteiger partial charge in [0.2, 0.25) is 6.04 Å². The van der Waals surface area contributed by atoms with Crippen LogP contribution in [0.15, 0.2) is 24.5 Å². The molecule has 0 aliphatic rings. The van der Waals surface area contributed by atoms with Gasteiger partial charge in [-0.15, -0.1) is 0 Å². The van der Waals surface area contributed by atoms with E-state index in [2.05, 4.69) is 39.0 Å². The van der Waals surface area contributed by atoms with Gasteiger partial charge in [0.05, 0.1) is 0 Å². The number of hydrogen-bond donors (Lipinski definition) is 0. The zero-order valence-corrected chi connectivity index (χ0v) is 9.28. The van der Waals surface area contributed by atoms with E-state index in [4.69, 9.17) is 5.26 Å². The highest BCUT2D eigenvalue weighted by atomic mass is 15.0. The molecule has 0 saturated heterocycles. The molecule has 0 saturated carbocycles. The van der Waals surface area contributed by atoms with E-state index in [0.717, 1.165) is 0 Å². The Bertz CT molecular complexity index is 338. The van der Waals surface area contributed by atoms with Gasteiger partial charge in [-0.2, -0.15) is 9.83 Å². The molecule has 0 fully saturated rings. The average Bonchev–Trinajstić information content (AvgIpc) is 2.15.